The highest BCUT2D eigenvalue weighted by atomic mass is 32.2. The third-order valence-electron chi connectivity index (χ3n) is 4.49. The average Bonchev–Trinajstić information content (AvgIpc) is 2.68. The summed E-state index contributed by atoms with van der Waals surface area (Å²) in [6.45, 7) is 2.44. The van der Waals surface area contributed by atoms with Crippen LogP contribution in [0.1, 0.15) is 36.5 Å². The van der Waals surface area contributed by atoms with Gasteiger partial charge in [0.1, 0.15) is 0 Å². The summed E-state index contributed by atoms with van der Waals surface area (Å²) in [7, 11) is -3.57. The van der Waals surface area contributed by atoms with E-state index < -0.39 is 10.0 Å². The van der Waals surface area contributed by atoms with Crippen LogP contribution < -0.4 is 10.6 Å². The molecule has 0 unspecified atom stereocenters. The zero-order valence-electron chi connectivity index (χ0n) is 15.6. The molecular formula is C20H23N3O4S. The van der Waals surface area contributed by atoms with Crippen molar-refractivity contribution < 1.29 is 18.0 Å². The van der Waals surface area contributed by atoms with E-state index in [2.05, 4.69) is 10.6 Å². The number of amides is 2. The first-order valence-corrected chi connectivity index (χ1v) is 10.6. The van der Waals surface area contributed by atoms with E-state index in [9.17, 15) is 18.0 Å². The molecular weight excluding hydrogens is 378 g/mol. The average molecular weight is 401 g/mol. The largest absolute Gasteiger partial charge is 0.326 e. The molecule has 1 heterocycles. The third kappa shape index (κ3) is 4.76. The molecule has 0 radical (unpaired) electrons. The van der Waals surface area contributed by atoms with Crippen molar-refractivity contribution in [1.82, 2.24) is 4.31 Å². The number of hydrogen-bond donors (Lipinski definition) is 2. The van der Waals surface area contributed by atoms with Crippen molar-refractivity contribution in [3.8, 4) is 0 Å². The van der Waals surface area contributed by atoms with Crippen LogP contribution in [-0.4, -0.2) is 37.6 Å². The number of sulfonamides is 1. The van der Waals surface area contributed by atoms with E-state index in [1.807, 2.05) is 0 Å². The lowest BCUT2D eigenvalue weighted by Crippen LogP contribution is -2.35. The van der Waals surface area contributed by atoms with Gasteiger partial charge in [-0.3, -0.25) is 9.59 Å². The summed E-state index contributed by atoms with van der Waals surface area (Å²) in [6, 6.07) is 12.8. The van der Waals surface area contributed by atoms with Gasteiger partial charge in [-0.25, -0.2) is 8.42 Å². The number of nitrogens with zero attached hydrogens (tertiary/aromatic N) is 1. The standard InChI is InChI=1S/C20H23N3O4S/c1-15(24)21-17-8-5-7-16(13-17)20(25)22-18-9-6-10-19(14-18)28(26,27)23-11-3-2-4-12-23/h5-10,13-14H,2-4,11-12H2,1H3,(H,21,24)(H,22,25). The summed E-state index contributed by atoms with van der Waals surface area (Å²) in [5, 5.41) is 5.35. The van der Waals surface area contributed by atoms with Crippen LogP contribution in [0.3, 0.4) is 0 Å². The van der Waals surface area contributed by atoms with Crippen LogP contribution in [0.4, 0.5) is 11.4 Å². The summed E-state index contributed by atoms with van der Waals surface area (Å²) in [5.41, 5.74) is 1.27. The van der Waals surface area contributed by atoms with E-state index in [-0.39, 0.29) is 16.7 Å². The Morgan fingerprint density at radius 3 is 2.21 bits per heavy atom. The maximum absolute atomic E-state index is 12.8. The minimum atomic E-state index is -3.57. The predicted molar refractivity (Wildman–Crippen MR) is 108 cm³/mol. The second-order valence-corrected chi connectivity index (χ2v) is 8.65. The van der Waals surface area contributed by atoms with Crippen LogP contribution >= 0.6 is 0 Å². The van der Waals surface area contributed by atoms with Crippen LogP contribution in [-0.2, 0) is 14.8 Å². The summed E-state index contributed by atoms with van der Waals surface area (Å²) < 4.78 is 27.1. The predicted octanol–water partition coefficient (Wildman–Crippen LogP) is 3.07. The van der Waals surface area contributed by atoms with Gasteiger partial charge in [-0.2, -0.15) is 4.31 Å². The molecule has 0 bridgehead atoms. The summed E-state index contributed by atoms with van der Waals surface area (Å²) in [6.07, 6.45) is 2.76. The maximum atomic E-state index is 12.8. The quantitative estimate of drug-likeness (QED) is 0.805. The van der Waals surface area contributed by atoms with Gasteiger partial charge in [0, 0.05) is 37.0 Å². The molecule has 148 valence electrons. The number of carbonyl (C=O) groups is 2. The fourth-order valence-electron chi connectivity index (χ4n) is 3.13. The summed E-state index contributed by atoms with van der Waals surface area (Å²) >= 11 is 0. The first kappa shape index (κ1) is 20.0. The second kappa shape index (κ2) is 8.53. The zero-order valence-corrected chi connectivity index (χ0v) is 16.5. The van der Waals surface area contributed by atoms with E-state index in [0.29, 0.717) is 30.0 Å². The van der Waals surface area contributed by atoms with Gasteiger partial charge in [0.05, 0.1) is 4.90 Å². The first-order valence-electron chi connectivity index (χ1n) is 9.15. The minimum Gasteiger partial charge on any atom is -0.326 e. The lowest BCUT2D eigenvalue weighted by molar-refractivity contribution is -0.114. The molecule has 1 fully saturated rings. The fourth-order valence-corrected chi connectivity index (χ4v) is 4.70. The zero-order chi connectivity index (χ0) is 20.1. The number of piperidine rings is 1. The van der Waals surface area contributed by atoms with E-state index >= 15 is 0 Å². The molecule has 1 aliphatic rings. The van der Waals surface area contributed by atoms with E-state index in [4.69, 9.17) is 0 Å². The first-order chi connectivity index (χ1) is 13.4. The van der Waals surface area contributed by atoms with Crippen LogP contribution in [0.5, 0.6) is 0 Å². The minimum absolute atomic E-state index is 0.166. The molecule has 2 aromatic carbocycles. The molecule has 0 aromatic heterocycles. The van der Waals surface area contributed by atoms with Crippen molar-refractivity contribution in [3.63, 3.8) is 0 Å². The van der Waals surface area contributed by atoms with Crippen LogP contribution in [0.15, 0.2) is 53.4 Å². The smallest absolute Gasteiger partial charge is 0.255 e. The van der Waals surface area contributed by atoms with Gasteiger partial charge in [0.2, 0.25) is 15.9 Å². The molecule has 8 heteroatoms. The third-order valence-corrected chi connectivity index (χ3v) is 6.38. The highest BCUT2D eigenvalue weighted by molar-refractivity contribution is 7.89. The Balaban J connectivity index is 1.77. The van der Waals surface area contributed by atoms with Crippen LogP contribution in [0.2, 0.25) is 0 Å². The molecule has 2 amide bonds. The van der Waals surface area contributed by atoms with Gasteiger partial charge in [0.25, 0.3) is 5.91 Å². The number of rotatable bonds is 5. The topological polar surface area (TPSA) is 95.6 Å². The van der Waals surface area contributed by atoms with Gasteiger partial charge in [-0.15, -0.1) is 0 Å². The monoisotopic (exact) mass is 401 g/mol. The molecule has 0 saturated carbocycles. The highest BCUT2D eigenvalue weighted by Gasteiger charge is 2.26. The van der Waals surface area contributed by atoms with Crippen molar-refractivity contribution in [2.45, 2.75) is 31.1 Å². The number of hydrogen-bond acceptors (Lipinski definition) is 4. The van der Waals surface area contributed by atoms with E-state index in [1.54, 1.807) is 36.4 Å². The van der Waals surface area contributed by atoms with Crippen molar-refractivity contribution >= 4 is 33.2 Å². The Hall–Kier alpha value is -2.71. The summed E-state index contributed by atoms with van der Waals surface area (Å²) in [4.78, 5) is 23.9. The molecule has 0 spiro atoms. The Morgan fingerprint density at radius 2 is 1.54 bits per heavy atom. The lowest BCUT2D eigenvalue weighted by Gasteiger charge is -2.26. The SMILES string of the molecule is CC(=O)Nc1cccc(C(=O)Nc2cccc(S(=O)(=O)N3CCCCC3)c2)c1. The molecule has 7 nitrogen and oxygen atoms in total. The van der Waals surface area contributed by atoms with Crippen molar-refractivity contribution in [3.05, 3.63) is 54.1 Å². The molecule has 28 heavy (non-hydrogen) atoms. The Bertz CT molecular complexity index is 982. The highest BCUT2D eigenvalue weighted by Crippen LogP contribution is 2.23. The molecule has 1 aliphatic heterocycles. The maximum Gasteiger partial charge on any atom is 0.255 e. The number of nitrogens with one attached hydrogen (secondary N) is 2. The van der Waals surface area contributed by atoms with Crippen molar-refractivity contribution in [2.75, 3.05) is 23.7 Å². The van der Waals surface area contributed by atoms with Gasteiger partial charge in [-0.1, -0.05) is 18.6 Å². The van der Waals surface area contributed by atoms with Gasteiger partial charge < -0.3 is 10.6 Å². The molecule has 0 atom stereocenters. The van der Waals surface area contributed by atoms with Crippen LogP contribution in [0, 0.1) is 0 Å². The Morgan fingerprint density at radius 1 is 0.893 bits per heavy atom. The number of benzene rings is 2. The molecule has 2 N–H and O–H groups in total. The van der Waals surface area contributed by atoms with Crippen molar-refractivity contribution in [1.29, 1.82) is 0 Å². The Labute approximate surface area is 164 Å². The van der Waals surface area contributed by atoms with Crippen molar-refractivity contribution in [2.24, 2.45) is 0 Å². The fraction of sp³-hybridized carbons (Fsp3) is 0.300. The molecule has 3 rings (SSSR count). The molecule has 1 saturated heterocycles. The number of anilines is 2. The Kier molecular flexibility index (Phi) is 6.11. The number of carbonyl (C=O) groups excluding carboxylic acids is 2. The van der Waals surface area contributed by atoms with Gasteiger partial charge in [0.15, 0.2) is 0 Å². The normalized spacial score (nSPS) is 15.0. The van der Waals surface area contributed by atoms with E-state index in [1.165, 1.54) is 23.4 Å². The van der Waals surface area contributed by atoms with Gasteiger partial charge in [-0.05, 0) is 49.2 Å². The van der Waals surface area contributed by atoms with Gasteiger partial charge >= 0.3 is 0 Å². The second-order valence-electron chi connectivity index (χ2n) is 6.71. The summed E-state index contributed by atoms with van der Waals surface area (Å²) in [5.74, 6) is -0.618. The molecule has 0 aliphatic carbocycles. The molecule has 2 aromatic rings. The lowest BCUT2D eigenvalue weighted by atomic mass is 10.2. The van der Waals surface area contributed by atoms with E-state index in [0.717, 1.165) is 19.3 Å². The van der Waals surface area contributed by atoms with Crippen LogP contribution in [0.25, 0.3) is 0 Å².